The molecule has 0 radical (unpaired) electrons. The molecule has 5 heteroatoms. The molecule has 4 fully saturated rings. The number of aliphatic hydroxyl groups is 5. The largest absolute Gasteiger partial charge is 0.396 e. The van der Waals surface area contributed by atoms with E-state index < -0.39 is 17.8 Å². The molecule has 5 nitrogen and oxygen atoms in total. The Balaban J connectivity index is 1.64. The Bertz CT molecular complexity index is 782. The standard InChI is InChI=1S/C29H50O5/c1-16(19(4)18(3)15-30)11-17(2)21-13-23(32)26-28(21,6)10-8-25-27(5)9-7-20(31)12-22(27)24(33)14-29(25,26)34/h11,17-26,30-34H,7-10,12-15H2,1-6H3/b16-11+/t17?,18?,19?,20-,21?,22?,23+,24?,25?,26?,27-,28+,29-/m0/s1. The van der Waals surface area contributed by atoms with Gasteiger partial charge in [-0.05, 0) is 91.8 Å². The Morgan fingerprint density at radius 3 is 2.26 bits per heavy atom. The van der Waals surface area contributed by atoms with Crippen LogP contribution < -0.4 is 0 Å². The van der Waals surface area contributed by atoms with Crippen LogP contribution in [0, 0.1) is 52.3 Å². The Kier molecular flexibility index (Phi) is 7.14. The fourth-order valence-corrected chi connectivity index (χ4v) is 9.63. The van der Waals surface area contributed by atoms with Gasteiger partial charge >= 0.3 is 0 Å². The zero-order valence-electron chi connectivity index (χ0n) is 22.2. The number of hydrogen-bond donors (Lipinski definition) is 5. The zero-order valence-corrected chi connectivity index (χ0v) is 22.2. The van der Waals surface area contributed by atoms with Crippen molar-refractivity contribution in [1.29, 1.82) is 0 Å². The molecule has 0 spiro atoms. The van der Waals surface area contributed by atoms with E-state index in [4.69, 9.17) is 0 Å². The van der Waals surface area contributed by atoms with E-state index in [-0.39, 0.29) is 59.0 Å². The van der Waals surface area contributed by atoms with Crippen molar-refractivity contribution in [2.75, 3.05) is 6.61 Å². The summed E-state index contributed by atoms with van der Waals surface area (Å²) in [4.78, 5) is 0. The highest BCUT2D eigenvalue weighted by atomic mass is 16.3. The minimum atomic E-state index is -1.08. The van der Waals surface area contributed by atoms with Gasteiger partial charge in [0.15, 0.2) is 0 Å². The normalized spacial score (nSPS) is 51.7. The molecule has 4 saturated carbocycles. The molecule has 0 amide bonds. The van der Waals surface area contributed by atoms with Crippen molar-refractivity contribution in [2.24, 2.45) is 52.3 Å². The second-order valence-electron chi connectivity index (χ2n) is 13.5. The van der Waals surface area contributed by atoms with Crippen LogP contribution in [-0.4, -0.2) is 56.1 Å². The van der Waals surface area contributed by atoms with Crippen LogP contribution in [-0.2, 0) is 0 Å². The van der Waals surface area contributed by atoms with Gasteiger partial charge in [-0.2, -0.15) is 0 Å². The quantitative estimate of drug-likeness (QED) is 0.386. The van der Waals surface area contributed by atoms with Crippen molar-refractivity contribution in [3.8, 4) is 0 Å². The first-order chi connectivity index (χ1) is 15.8. The van der Waals surface area contributed by atoms with Crippen molar-refractivity contribution in [3.63, 3.8) is 0 Å². The highest BCUT2D eigenvalue weighted by Crippen LogP contribution is 2.69. The average Bonchev–Trinajstić information content (AvgIpc) is 3.05. The lowest BCUT2D eigenvalue weighted by molar-refractivity contribution is -0.263. The Hall–Kier alpha value is -0.460. The minimum absolute atomic E-state index is 0.0136. The van der Waals surface area contributed by atoms with Crippen LogP contribution in [0.2, 0.25) is 0 Å². The summed E-state index contributed by atoms with van der Waals surface area (Å²) in [5, 5.41) is 55.0. The molecule has 0 aliphatic heterocycles. The smallest absolute Gasteiger partial charge is 0.0763 e. The summed E-state index contributed by atoms with van der Waals surface area (Å²) < 4.78 is 0. The summed E-state index contributed by atoms with van der Waals surface area (Å²) in [7, 11) is 0. The molecule has 4 aliphatic rings. The second kappa shape index (κ2) is 9.13. The fourth-order valence-electron chi connectivity index (χ4n) is 9.63. The van der Waals surface area contributed by atoms with Crippen LogP contribution >= 0.6 is 0 Å². The van der Waals surface area contributed by atoms with Gasteiger partial charge < -0.3 is 25.5 Å². The summed E-state index contributed by atoms with van der Waals surface area (Å²) in [5.74, 6) is 0.857. The molecular formula is C29H50O5. The monoisotopic (exact) mass is 478 g/mol. The predicted octanol–water partition coefficient (Wildman–Crippen LogP) is 3.91. The van der Waals surface area contributed by atoms with E-state index in [1.807, 2.05) is 0 Å². The lowest BCUT2D eigenvalue weighted by atomic mass is 9.42. The van der Waals surface area contributed by atoms with Gasteiger partial charge in [0.05, 0.1) is 23.9 Å². The van der Waals surface area contributed by atoms with Gasteiger partial charge in [0.2, 0.25) is 0 Å². The minimum Gasteiger partial charge on any atom is -0.396 e. The van der Waals surface area contributed by atoms with E-state index in [9.17, 15) is 25.5 Å². The number of rotatable bonds is 5. The van der Waals surface area contributed by atoms with Crippen LogP contribution in [0.5, 0.6) is 0 Å². The topological polar surface area (TPSA) is 101 Å². The van der Waals surface area contributed by atoms with Gasteiger partial charge in [-0.15, -0.1) is 0 Å². The molecule has 0 saturated heterocycles. The number of fused-ring (bicyclic) bond motifs is 5. The third-order valence-corrected chi connectivity index (χ3v) is 11.8. The Morgan fingerprint density at radius 1 is 0.971 bits per heavy atom. The van der Waals surface area contributed by atoms with Crippen molar-refractivity contribution >= 4 is 0 Å². The highest BCUT2D eigenvalue weighted by Gasteiger charge is 2.70. The summed E-state index contributed by atoms with van der Waals surface area (Å²) >= 11 is 0. The van der Waals surface area contributed by atoms with Gasteiger partial charge in [0.1, 0.15) is 0 Å². The maximum absolute atomic E-state index is 12.4. The van der Waals surface area contributed by atoms with Gasteiger partial charge in [0.25, 0.3) is 0 Å². The van der Waals surface area contributed by atoms with Crippen LogP contribution in [0.25, 0.3) is 0 Å². The first kappa shape index (κ1) is 26.6. The van der Waals surface area contributed by atoms with Crippen LogP contribution in [0.1, 0.15) is 86.5 Å². The average molecular weight is 479 g/mol. The molecule has 0 bridgehead atoms. The van der Waals surface area contributed by atoms with Gasteiger partial charge in [-0.1, -0.05) is 46.3 Å². The summed E-state index contributed by atoms with van der Waals surface area (Å²) in [6.45, 7) is 13.3. The first-order valence-electron chi connectivity index (χ1n) is 13.8. The second-order valence-corrected chi connectivity index (χ2v) is 13.5. The first-order valence-corrected chi connectivity index (χ1v) is 13.8. The zero-order chi connectivity index (χ0) is 25.2. The molecule has 4 aliphatic carbocycles. The molecule has 0 aromatic rings. The molecule has 0 aromatic carbocycles. The lowest BCUT2D eigenvalue weighted by Gasteiger charge is -2.66. The molecule has 8 unspecified atom stereocenters. The van der Waals surface area contributed by atoms with Crippen molar-refractivity contribution < 1.29 is 25.5 Å². The van der Waals surface area contributed by atoms with Crippen LogP contribution in [0.4, 0.5) is 0 Å². The molecule has 0 aromatic heterocycles. The molecule has 0 heterocycles. The van der Waals surface area contributed by atoms with Crippen molar-refractivity contribution in [1.82, 2.24) is 0 Å². The molecular weight excluding hydrogens is 428 g/mol. The molecule has 34 heavy (non-hydrogen) atoms. The van der Waals surface area contributed by atoms with Crippen LogP contribution in [0.3, 0.4) is 0 Å². The van der Waals surface area contributed by atoms with Crippen LogP contribution in [0.15, 0.2) is 11.6 Å². The molecule has 13 atom stereocenters. The third-order valence-electron chi connectivity index (χ3n) is 11.8. The van der Waals surface area contributed by atoms with E-state index in [1.165, 1.54) is 5.57 Å². The Labute approximate surface area is 206 Å². The van der Waals surface area contributed by atoms with E-state index in [0.717, 1.165) is 25.7 Å². The third kappa shape index (κ3) is 3.93. The lowest BCUT2D eigenvalue weighted by Crippen LogP contribution is -2.68. The van der Waals surface area contributed by atoms with E-state index in [0.29, 0.717) is 25.2 Å². The van der Waals surface area contributed by atoms with Crippen molar-refractivity contribution in [3.05, 3.63) is 11.6 Å². The van der Waals surface area contributed by atoms with Crippen molar-refractivity contribution in [2.45, 2.75) is 110 Å². The number of hydrogen-bond acceptors (Lipinski definition) is 5. The van der Waals surface area contributed by atoms with E-state index in [1.54, 1.807) is 0 Å². The maximum atomic E-state index is 12.4. The molecule has 196 valence electrons. The molecule has 5 N–H and O–H groups in total. The van der Waals surface area contributed by atoms with Gasteiger partial charge in [-0.3, -0.25) is 0 Å². The Morgan fingerprint density at radius 2 is 1.62 bits per heavy atom. The SMILES string of the molecule is C/C(=C\C(C)C1C[C@@H](O)C2[C@]1(C)CCC1[C@@]3(C)CC[C@H](O)CC3C(O)C[C@]12O)C(C)C(C)CO. The van der Waals surface area contributed by atoms with Gasteiger partial charge in [0, 0.05) is 18.9 Å². The summed E-state index contributed by atoms with van der Waals surface area (Å²) in [6.07, 6.45) is 5.81. The summed E-state index contributed by atoms with van der Waals surface area (Å²) in [6, 6.07) is 0. The predicted molar refractivity (Wildman–Crippen MR) is 134 cm³/mol. The molecule has 4 rings (SSSR count). The fraction of sp³-hybridized carbons (Fsp3) is 0.931. The number of aliphatic hydroxyl groups excluding tert-OH is 4. The van der Waals surface area contributed by atoms with E-state index in [2.05, 4.69) is 47.6 Å². The van der Waals surface area contributed by atoms with Gasteiger partial charge in [-0.25, -0.2) is 0 Å². The summed E-state index contributed by atoms with van der Waals surface area (Å²) in [5.41, 5.74) is -0.190. The number of allylic oxidation sites excluding steroid dienone is 2. The maximum Gasteiger partial charge on any atom is 0.0763 e. The van der Waals surface area contributed by atoms with E-state index >= 15 is 0 Å². The highest BCUT2D eigenvalue weighted by molar-refractivity contribution is 5.21.